The molecule has 2 N–H and O–H groups in total. The van der Waals surface area contributed by atoms with E-state index in [1.54, 1.807) is 30.1 Å². The van der Waals surface area contributed by atoms with E-state index in [1.807, 2.05) is 18.9 Å². The van der Waals surface area contributed by atoms with Crippen LogP contribution in [0.5, 0.6) is 0 Å². The summed E-state index contributed by atoms with van der Waals surface area (Å²) in [6.45, 7) is 5.80. The number of aromatic nitrogens is 2. The Balaban J connectivity index is 0.00000441. The maximum Gasteiger partial charge on any atom is 0.257 e. The van der Waals surface area contributed by atoms with Gasteiger partial charge in [0.15, 0.2) is 0 Å². The number of nitrogens with zero attached hydrogens (tertiary/aromatic N) is 5. The Hall–Kier alpha value is -3.19. The van der Waals surface area contributed by atoms with Gasteiger partial charge in [-0.3, -0.25) is 24.6 Å². The van der Waals surface area contributed by atoms with E-state index in [2.05, 4.69) is 15.7 Å². The van der Waals surface area contributed by atoms with Crippen molar-refractivity contribution >= 4 is 40.8 Å². The van der Waals surface area contributed by atoms with E-state index in [9.17, 15) is 22.8 Å². The van der Waals surface area contributed by atoms with Crippen LogP contribution in [0.1, 0.15) is 23.6 Å². The Bertz CT molecular complexity index is 1340. The van der Waals surface area contributed by atoms with Gasteiger partial charge in [0.25, 0.3) is 12.3 Å². The van der Waals surface area contributed by atoms with Crippen molar-refractivity contribution in [1.29, 1.82) is 0 Å². The highest BCUT2D eigenvalue weighted by molar-refractivity contribution is 5.98. The Kier molecular flexibility index (Phi) is 10.9. The van der Waals surface area contributed by atoms with Crippen LogP contribution in [0.2, 0.25) is 0 Å². The van der Waals surface area contributed by atoms with Gasteiger partial charge in [0, 0.05) is 44.3 Å². The molecule has 13 heteroatoms. The van der Waals surface area contributed by atoms with E-state index < -0.39 is 13.0 Å². The minimum absolute atomic E-state index is 0. The van der Waals surface area contributed by atoms with Gasteiger partial charge in [-0.1, -0.05) is 13.0 Å². The van der Waals surface area contributed by atoms with Crippen LogP contribution in [0.15, 0.2) is 36.5 Å². The molecule has 0 unspecified atom stereocenters. The zero-order valence-electron chi connectivity index (χ0n) is 22.8. The Morgan fingerprint density at radius 1 is 1.07 bits per heavy atom. The molecule has 9 nitrogen and oxygen atoms in total. The van der Waals surface area contributed by atoms with Crippen LogP contribution in [-0.2, 0) is 29.2 Å². The number of alkyl halides is 2. The van der Waals surface area contributed by atoms with Gasteiger partial charge in [-0.25, -0.2) is 18.2 Å². The predicted molar refractivity (Wildman–Crippen MR) is 150 cm³/mol. The molecule has 2 amide bonds. The lowest BCUT2D eigenvalue weighted by atomic mass is 10.1. The zero-order valence-corrected chi connectivity index (χ0v) is 23.6. The Morgan fingerprint density at radius 3 is 2.52 bits per heavy atom. The van der Waals surface area contributed by atoms with Gasteiger partial charge < -0.3 is 10.2 Å². The first kappa shape index (κ1) is 31.3. The first-order valence-corrected chi connectivity index (χ1v) is 12.9. The summed E-state index contributed by atoms with van der Waals surface area (Å²) in [5.74, 6) is -0.756. The summed E-state index contributed by atoms with van der Waals surface area (Å²) in [5, 5.41) is 14.2. The average molecular weight is 582 g/mol. The number of halogens is 4. The van der Waals surface area contributed by atoms with Crippen LogP contribution in [0.4, 0.5) is 18.9 Å². The van der Waals surface area contributed by atoms with E-state index in [-0.39, 0.29) is 43.1 Å². The quantitative estimate of drug-likeness (QED) is 0.320. The van der Waals surface area contributed by atoms with Crippen molar-refractivity contribution in [3.05, 3.63) is 59.0 Å². The zero-order chi connectivity index (χ0) is 28.1. The molecule has 0 saturated carbocycles. The first-order valence-electron chi connectivity index (χ1n) is 12.9. The predicted octanol–water partition coefficient (Wildman–Crippen LogP) is 3.09. The molecule has 2 heterocycles. The number of amides is 2. The summed E-state index contributed by atoms with van der Waals surface area (Å²) in [6, 6.07) is 8.17. The van der Waals surface area contributed by atoms with Crippen molar-refractivity contribution in [3.8, 4) is 0 Å². The number of anilines is 1. The summed E-state index contributed by atoms with van der Waals surface area (Å²) in [7, 11) is 1.66. The lowest BCUT2D eigenvalue weighted by Crippen LogP contribution is -2.47. The minimum Gasteiger partial charge on any atom is -0.315 e. The number of hydrogen-bond acceptors (Lipinski definition) is 6. The largest absolute Gasteiger partial charge is 0.315 e. The van der Waals surface area contributed by atoms with Crippen LogP contribution in [0.3, 0.4) is 0 Å². The average Bonchev–Trinajstić information content (AvgIpc) is 3.48. The van der Waals surface area contributed by atoms with Gasteiger partial charge in [-0.2, -0.15) is 5.10 Å². The molecule has 1 aromatic heterocycles. The monoisotopic (exact) mass is 581 g/mol. The molecule has 0 bridgehead atoms. The molecule has 40 heavy (non-hydrogen) atoms. The molecule has 3 aromatic rings. The molecule has 218 valence electrons. The van der Waals surface area contributed by atoms with E-state index in [0.29, 0.717) is 42.8 Å². The Labute approximate surface area is 237 Å². The van der Waals surface area contributed by atoms with E-state index >= 15 is 0 Å². The minimum atomic E-state index is -2.53. The summed E-state index contributed by atoms with van der Waals surface area (Å²) in [5.41, 5.74) is 3.82. The van der Waals surface area contributed by atoms with Crippen molar-refractivity contribution in [2.45, 2.75) is 39.9 Å². The second kappa shape index (κ2) is 13.9. The third kappa shape index (κ3) is 7.30. The van der Waals surface area contributed by atoms with Gasteiger partial charge in [-0.15, -0.1) is 12.4 Å². The number of nitrogens with one attached hydrogen (secondary N) is 2. The number of hydrogen-bond donors (Lipinski definition) is 2. The molecule has 0 aliphatic carbocycles. The molecule has 1 aliphatic rings. The highest BCUT2D eigenvalue weighted by Gasteiger charge is 2.26. The number of fused-ring (bicyclic) bond motifs is 2. The third-order valence-electron chi connectivity index (χ3n) is 6.84. The SMILES string of the molecule is CCNCCN(C(=O)CNCC(=O)N(C)N1Cc2ccc(F)cc2C1)c1cc2cnn(CC(F)F)c2cc1C.Cl. The van der Waals surface area contributed by atoms with Crippen LogP contribution >= 0.6 is 12.4 Å². The normalized spacial score (nSPS) is 13.0. The third-order valence-corrected chi connectivity index (χ3v) is 6.84. The van der Waals surface area contributed by atoms with Crippen molar-refractivity contribution in [1.82, 2.24) is 30.4 Å². The maximum atomic E-state index is 13.5. The number of carbonyl (C=O) groups is 2. The van der Waals surface area contributed by atoms with Crippen molar-refractivity contribution in [2.75, 3.05) is 44.7 Å². The van der Waals surface area contributed by atoms with Gasteiger partial charge in [0.1, 0.15) is 12.4 Å². The fraction of sp³-hybridized carbons (Fsp3) is 0.444. The molecular weight excluding hydrogens is 547 g/mol. The number of rotatable bonds is 12. The van der Waals surface area contributed by atoms with Gasteiger partial charge in [-0.05, 0) is 54.4 Å². The summed E-state index contributed by atoms with van der Waals surface area (Å²) >= 11 is 0. The fourth-order valence-corrected chi connectivity index (χ4v) is 4.73. The van der Waals surface area contributed by atoms with Crippen LogP contribution in [-0.4, -0.2) is 77.8 Å². The second-order valence-corrected chi connectivity index (χ2v) is 9.57. The molecule has 1 aliphatic heterocycles. The highest BCUT2D eigenvalue weighted by Crippen LogP contribution is 2.27. The van der Waals surface area contributed by atoms with Gasteiger partial charge >= 0.3 is 0 Å². The summed E-state index contributed by atoms with van der Waals surface area (Å²) in [6.07, 6.45) is -1.01. The van der Waals surface area contributed by atoms with Crippen LogP contribution < -0.4 is 15.5 Å². The number of likely N-dealkylation sites (N-methyl/N-ethyl adjacent to an activating group) is 2. The molecular formula is C27H35ClF3N7O2. The van der Waals surface area contributed by atoms with Gasteiger partial charge in [0.2, 0.25) is 5.91 Å². The maximum absolute atomic E-state index is 13.5. The Morgan fingerprint density at radius 2 is 1.80 bits per heavy atom. The standard InChI is InChI=1S/C27H34F3N7O2.ClH/c1-4-31-7-8-36(23-11-20-12-33-37(17-25(29)30)24(20)9-18(23)2)27(39)14-32-13-26(38)34(3)35-15-19-5-6-22(28)10-21(19)16-35;/h5-6,9-12,25,31-32H,4,7-8,13-17H2,1-3H3;1H. The number of benzene rings is 2. The lowest BCUT2D eigenvalue weighted by molar-refractivity contribution is -0.145. The molecule has 0 saturated heterocycles. The molecule has 0 spiro atoms. The summed E-state index contributed by atoms with van der Waals surface area (Å²) in [4.78, 5) is 27.8. The molecule has 0 atom stereocenters. The smallest absolute Gasteiger partial charge is 0.257 e. The summed E-state index contributed by atoms with van der Waals surface area (Å²) < 4.78 is 40.7. The van der Waals surface area contributed by atoms with Crippen LogP contribution in [0.25, 0.3) is 10.9 Å². The molecule has 0 fully saturated rings. The number of hydrazine groups is 1. The highest BCUT2D eigenvalue weighted by atomic mass is 35.5. The van der Waals surface area contributed by atoms with Gasteiger partial charge in [0.05, 0.1) is 24.8 Å². The fourth-order valence-electron chi connectivity index (χ4n) is 4.73. The molecule has 4 rings (SSSR count). The van der Waals surface area contributed by atoms with E-state index in [4.69, 9.17) is 0 Å². The first-order chi connectivity index (χ1) is 18.7. The van der Waals surface area contributed by atoms with Crippen LogP contribution in [0, 0.1) is 12.7 Å². The number of carbonyl (C=O) groups excluding carboxylic acids is 2. The van der Waals surface area contributed by atoms with E-state index in [0.717, 1.165) is 23.2 Å². The van der Waals surface area contributed by atoms with E-state index in [1.165, 1.54) is 28.0 Å². The van der Waals surface area contributed by atoms with Crippen molar-refractivity contribution in [3.63, 3.8) is 0 Å². The number of aryl methyl sites for hydroxylation is 1. The van der Waals surface area contributed by atoms with Crippen molar-refractivity contribution < 1.29 is 22.8 Å². The molecule has 0 radical (unpaired) electrons. The topological polar surface area (TPSA) is 85.7 Å². The lowest BCUT2D eigenvalue weighted by Gasteiger charge is -2.28. The molecule has 2 aromatic carbocycles. The van der Waals surface area contributed by atoms with Crippen molar-refractivity contribution in [2.24, 2.45) is 0 Å². The second-order valence-electron chi connectivity index (χ2n) is 9.57.